The first-order valence-corrected chi connectivity index (χ1v) is 7.02. The quantitative estimate of drug-likeness (QED) is 0.596. The summed E-state index contributed by atoms with van der Waals surface area (Å²) in [7, 11) is 0. The van der Waals surface area contributed by atoms with E-state index in [-0.39, 0.29) is 11.6 Å². The lowest BCUT2D eigenvalue weighted by Crippen LogP contribution is -2.22. The molecule has 0 saturated heterocycles. The van der Waals surface area contributed by atoms with Crippen LogP contribution in [0.5, 0.6) is 5.75 Å². The summed E-state index contributed by atoms with van der Waals surface area (Å²) in [6.07, 6.45) is 2.33. The van der Waals surface area contributed by atoms with Crippen molar-refractivity contribution in [2.24, 2.45) is 0 Å². The third-order valence-corrected chi connectivity index (χ3v) is 2.61. The Kier molecular flexibility index (Phi) is 5.81. The van der Waals surface area contributed by atoms with Gasteiger partial charge in [-0.25, -0.2) is 4.79 Å². The van der Waals surface area contributed by atoms with Crippen LogP contribution in [0.4, 0.5) is 0 Å². The van der Waals surface area contributed by atoms with Gasteiger partial charge < -0.3 is 9.47 Å². The van der Waals surface area contributed by atoms with Gasteiger partial charge in [-0.05, 0) is 57.4 Å². The second-order valence-corrected chi connectivity index (χ2v) is 5.51. The highest BCUT2D eigenvalue weighted by atomic mass is 16.5. The molecule has 0 aliphatic heterocycles. The van der Waals surface area contributed by atoms with E-state index < -0.39 is 0 Å². The molecule has 1 aromatic carbocycles. The van der Waals surface area contributed by atoms with Crippen molar-refractivity contribution >= 4 is 11.5 Å². The third kappa shape index (κ3) is 5.47. The number of carbonyl (C=O) groups excluding carboxylic acids is 1. The van der Waals surface area contributed by atoms with Gasteiger partial charge in [0.2, 0.25) is 0 Å². The van der Waals surface area contributed by atoms with E-state index in [1.54, 1.807) is 13.0 Å². The number of carbonyl (C=O) groups is 1. The van der Waals surface area contributed by atoms with Gasteiger partial charge in [0.15, 0.2) is 0 Å². The van der Waals surface area contributed by atoms with Crippen LogP contribution in [0.25, 0.3) is 5.57 Å². The van der Waals surface area contributed by atoms with Crippen LogP contribution in [0.3, 0.4) is 0 Å². The Morgan fingerprint density at radius 3 is 2.20 bits per heavy atom. The van der Waals surface area contributed by atoms with Crippen molar-refractivity contribution in [3.63, 3.8) is 0 Å². The standard InChI is InChI=1S/C17H24O3/c1-6-13(12-16(18)19-7-2)14-8-10-15(11-9-14)20-17(3,4)5/h8-12H,6-7H2,1-5H3. The molecule has 0 aliphatic rings. The highest BCUT2D eigenvalue weighted by Gasteiger charge is 2.11. The Bertz CT molecular complexity index is 464. The number of ether oxygens (including phenoxy) is 2. The molecule has 0 spiro atoms. The van der Waals surface area contributed by atoms with E-state index in [2.05, 4.69) is 0 Å². The molecule has 20 heavy (non-hydrogen) atoms. The fourth-order valence-corrected chi connectivity index (χ4v) is 1.81. The van der Waals surface area contributed by atoms with Crippen molar-refractivity contribution in [3.05, 3.63) is 35.9 Å². The van der Waals surface area contributed by atoms with E-state index >= 15 is 0 Å². The van der Waals surface area contributed by atoms with Crippen LogP contribution in [0.2, 0.25) is 0 Å². The highest BCUT2D eigenvalue weighted by Crippen LogP contribution is 2.23. The van der Waals surface area contributed by atoms with Crippen molar-refractivity contribution in [3.8, 4) is 5.75 Å². The zero-order valence-electron chi connectivity index (χ0n) is 13.0. The Morgan fingerprint density at radius 2 is 1.75 bits per heavy atom. The van der Waals surface area contributed by atoms with Crippen LogP contribution in [0.1, 0.15) is 46.6 Å². The van der Waals surface area contributed by atoms with Crippen LogP contribution in [-0.2, 0) is 9.53 Å². The van der Waals surface area contributed by atoms with Crippen LogP contribution >= 0.6 is 0 Å². The summed E-state index contributed by atoms with van der Waals surface area (Å²) in [5.41, 5.74) is 1.77. The lowest BCUT2D eigenvalue weighted by molar-refractivity contribution is -0.137. The molecule has 0 unspecified atom stereocenters. The molecule has 0 fully saturated rings. The molecule has 3 heteroatoms. The molecule has 1 rings (SSSR count). The fraction of sp³-hybridized carbons (Fsp3) is 0.471. The maximum absolute atomic E-state index is 11.5. The predicted molar refractivity (Wildman–Crippen MR) is 81.7 cm³/mol. The number of hydrogen-bond acceptors (Lipinski definition) is 3. The molecule has 0 radical (unpaired) electrons. The van der Waals surface area contributed by atoms with Gasteiger partial charge in [-0.3, -0.25) is 0 Å². The molecule has 0 aliphatic carbocycles. The number of allylic oxidation sites excluding steroid dienone is 1. The lowest BCUT2D eigenvalue weighted by Gasteiger charge is -2.21. The van der Waals surface area contributed by atoms with Crippen LogP contribution in [0.15, 0.2) is 30.3 Å². The average molecular weight is 276 g/mol. The summed E-state index contributed by atoms with van der Waals surface area (Å²) < 4.78 is 10.7. The fourth-order valence-electron chi connectivity index (χ4n) is 1.81. The second kappa shape index (κ2) is 7.13. The van der Waals surface area contributed by atoms with E-state index in [9.17, 15) is 4.79 Å². The zero-order chi connectivity index (χ0) is 15.2. The lowest BCUT2D eigenvalue weighted by atomic mass is 10.0. The zero-order valence-corrected chi connectivity index (χ0v) is 13.0. The van der Waals surface area contributed by atoms with E-state index in [1.807, 2.05) is 52.0 Å². The van der Waals surface area contributed by atoms with Crippen molar-refractivity contribution < 1.29 is 14.3 Å². The van der Waals surface area contributed by atoms with Gasteiger partial charge in [0.25, 0.3) is 0 Å². The summed E-state index contributed by atoms with van der Waals surface area (Å²) in [4.78, 5) is 11.5. The topological polar surface area (TPSA) is 35.5 Å². The number of benzene rings is 1. The first-order chi connectivity index (χ1) is 9.35. The van der Waals surface area contributed by atoms with Crippen LogP contribution in [0, 0.1) is 0 Å². The van der Waals surface area contributed by atoms with E-state index in [0.29, 0.717) is 6.61 Å². The molecule has 3 nitrogen and oxygen atoms in total. The average Bonchev–Trinajstić information content (AvgIpc) is 2.35. The molecule has 0 atom stereocenters. The SMILES string of the molecule is CCOC(=O)C=C(CC)c1ccc(OC(C)(C)C)cc1. The van der Waals surface area contributed by atoms with Gasteiger partial charge in [-0.15, -0.1) is 0 Å². The summed E-state index contributed by atoms with van der Waals surface area (Å²) >= 11 is 0. The minimum atomic E-state index is -0.292. The molecule has 0 bridgehead atoms. The molecule has 1 aromatic rings. The normalized spacial score (nSPS) is 12.2. The van der Waals surface area contributed by atoms with Gasteiger partial charge >= 0.3 is 5.97 Å². The third-order valence-electron chi connectivity index (χ3n) is 2.61. The Balaban J connectivity index is 2.87. The Labute approximate surface area is 121 Å². The molecule has 0 amide bonds. The van der Waals surface area contributed by atoms with Gasteiger partial charge in [0.1, 0.15) is 11.4 Å². The second-order valence-electron chi connectivity index (χ2n) is 5.51. The number of rotatable bonds is 5. The van der Waals surface area contributed by atoms with Gasteiger partial charge in [0.05, 0.1) is 6.61 Å². The largest absolute Gasteiger partial charge is 0.488 e. The first kappa shape index (κ1) is 16.3. The molecular formula is C17H24O3. The van der Waals surface area contributed by atoms with Gasteiger partial charge in [-0.1, -0.05) is 19.1 Å². The Morgan fingerprint density at radius 1 is 1.15 bits per heavy atom. The highest BCUT2D eigenvalue weighted by molar-refractivity contribution is 5.91. The van der Waals surface area contributed by atoms with Gasteiger partial charge in [-0.2, -0.15) is 0 Å². The molecule has 110 valence electrons. The molecule has 0 heterocycles. The summed E-state index contributed by atoms with van der Waals surface area (Å²) in [5, 5.41) is 0. The van der Waals surface area contributed by atoms with Crippen LogP contribution < -0.4 is 4.74 Å². The molecule has 0 aromatic heterocycles. The maximum atomic E-state index is 11.5. The Hall–Kier alpha value is -1.77. The summed E-state index contributed by atoms with van der Waals surface area (Å²) in [5.74, 6) is 0.534. The van der Waals surface area contributed by atoms with Crippen molar-refractivity contribution in [2.45, 2.75) is 46.6 Å². The first-order valence-electron chi connectivity index (χ1n) is 7.02. The van der Waals surface area contributed by atoms with E-state index in [1.165, 1.54) is 0 Å². The number of esters is 1. The molecular weight excluding hydrogens is 252 g/mol. The maximum Gasteiger partial charge on any atom is 0.331 e. The van der Waals surface area contributed by atoms with Crippen molar-refractivity contribution in [1.82, 2.24) is 0 Å². The van der Waals surface area contributed by atoms with E-state index in [4.69, 9.17) is 9.47 Å². The van der Waals surface area contributed by atoms with Crippen molar-refractivity contribution in [2.75, 3.05) is 6.61 Å². The van der Waals surface area contributed by atoms with Crippen LogP contribution in [-0.4, -0.2) is 18.2 Å². The predicted octanol–water partition coefficient (Wildman–Crippen LogP) is 4.22. The smallest absolute Gasteiger partial charge is 0.331 e. The van der Waals surface area contributed by atoms with E-state index in [0.717, 1.165) is 23.3 Å². The minimum Gasteiger partial charge on any atom is -0.488 e. The van der Waals surface area contributed by atoms with Crippen molar-refractivity contribution in [1.29, 1.82) is 0 Å². The molecule has 0 N–H and O–H groups in total. The molecule has 0 saturated carbocycles. The van der Waals surface area contributed by atoms with Gasteiger partial charge in [0, 0.05) is 6.08 Å². The summed E-state index contributed by atoms with van der Waals surface area (Å²) in [6, 6.07) is 7.79. The monoisotopic (exact) mass is 276 g/mol. The summed E-state index contributed by atoms with van der Waals surface area (Å²) in [6.45, 7) is 10.3. The number of hydrogen-bond donors (Lipinski definition) is 0. The minimum absolute atomic E-state index is 0.212.